The van der Waals surface area contributed by atoms with Crippen molar-refractivity contribution in [3.8, 4) is 0 Å². The molecule has 84 valence electrons. The van der Waals surface area contributed by atoms with E-state index >= 15 is 0 Å². The van der Waals surface area contributed by atoms with Gasteiger partial charge in [0, 0.05) is 0 Å². The Morgan fingerprint density at radius 3 is 2.43 bits per heavy atom. The summed E-state index contributed by atoms with van der Waals surface area (Å²) in [4.78, 5) is 11.4. The predicted octanol–water partition coefficient (Wildman–Crippen LogP) is 1.95. The van der Waals surface area contributed by atoms with Crippen molar-refractivity contribution in [2.75, 3.05) is 13.2 Å². The largest absolute Gasteiger partial charge is 0.465 e. The first-order valence-electron chi connectivity index (χ1n) is 5.44. The average Bonchev–Trinajstić information content (AvgIpc) is 2.13. The summed E-state index contributed by atoms with van der Waals surface area (Å²) in [6, 6.07) is 0. The van der Waals surface area contributed by atoms with E-state index in [9.17, 15) is 4.79 Å². The molecule has 0 bridgehead atoms. The van der Waals surface area contributed by atoms with Crippen LogP contribution in [0.5, 0.6) is 0 Å². The van der Waals surface area contributed by atoms with Crippen molar-refractivity contribution in [3.05, 3.63) is 0 Å². The Balaban J connectivity index is 3.52. The molecule has 1 unspecified atom stereocenters. The molecule has 0 radical (unpaired) electrons. The first-order valence-corrected chi connectivity index (χ1v) is 5.44. The lowest BCUT2D eigenvalue weighted by Crippen LogP contribution is -2.17. The van der Waals surface area contributed by atoms with Gasteiger partial charge in [0.05, 0.1) is 12.5 Å². The molecule has 1 atom stereocenters. The molecule has 0 saturated carbocycles. The van der Waals surface area contributed by atoms with E-state index in [1.165, 1.54) is 0 Å². The van der Waals surface area contributed by atoms with E-state index in [2.05, 4.69) is 13.8 Å². The third-order valence-electron chi connectivity index (χ3n) is 2.18. The van der Waals surface area contributed by atoms with Crippen molar-refractivity contribution in [1.82, 2.24) is 0 Å². The molecule has 0 aliphatic rings. The minimum atomic E-state index is -0.0842. The van der Waals surface area contributed by atoms with Crippen molar-refractivity contribution in [1.29, 1.82) is 0 Å². The number of ether oxygens (including phenoxy) is 1. The molecule has 0 spiro atoms. The van der Waals surface area contributed by atoms with Gasteiger partial charge in [0.2, 0.25) is 0 Å². The van der Waals surface area contributed by atoms with E-state index in [1.54, 1.807) is 0 Å². The summed E-state index contributed by atoms with van der Waals surface area (Å²) < 4.78 is 5.13. The Morgan fingerprint density at radius 1 is 1.29 bits per heavy atom. The molecular weight excluding hydrogens is 178 g/mol. The first-order chi connectivity index (χ1) is 6.57. The molecule has 0 heterocycles. The molecule has 0 aromatic rings. The molecule has 3 heteroatoms. The van der Waals surface area contributed by atoms with Crippen LogP contribution in [0.3, 0.4) is 0 Å². The van der Waals surface area contributed by atoms with Crippen molar-refractivity contribution in [3.63, 3.8) is 0 Å². The smallest absolute Gasteiger partial charge is 0.308 e. The Bertz CT molecular complexity index is 157. The zero-order valence-corrected chi connectivity index (χ0v) is 9.58. The van der Waals surface area contributed by atoms with Gasteiger partial charge in [0.1, 0.15) is 0 Å². The van der Waals surface area contributed by atoms with Gasteiger partial charge in [-0.2, -0.15) is 0 Å². The summed E-state index contributed by atoms with van der Waals surface area (Å²) in [6.45, 7) is 7.32. The maximum absolute atomic E-state index is 11.4. The summed E-state index contributed by atoms with van der Waals surface area (Å²) in [6.07, 6.45) is 2.66. The second-order valence-electron chi connectivity index (χ2n) is 4.18. The zero-order chi connectivity index (χ0) is 11.0. The highest BCUT2D eigenvalue weighted by Crippen LogP contribution is 2.08. The number of carbonyl (C=O) groups excluding carboxylic acids is 1. The van der Waals surface area contributed by atoms with Gasteiger partial charge in [-0.25, -0.2) is 0 Å². The maximum atomic E-state index is 11.4. The zero-order valence-electron chi connectivity index (χ0n) is 9.58. The molecule has 0 fully saturated rings. The summed E-state index contributed by atoms with van der Waals surface area (Å²) in [5, 5.41) is 0. The number of hydrogen-bond donors (Lipinski definition) is 1. The number of hydrogen-bond acceptors (Lipinski definition) is 3. The van der Waals surface area contributed by atoms with Gasteiger partial charge in [0.15, 0.2) is 0 Å². The van der Waals surface area contributed by atoms with E-state index in [-0.39, 0.29) is 11.9 Å². The SMILES string of the molecule is CC(C)CCOC(=O)C(C)CCCN. The third-order valence-corrected chi connectivity index (χ3v) is 2.18. The van der Waals surface area contributed by atoms with Crippen LogP contribution in [0, 0.1) is 11.8 Å². The average molecular weight is 201 g/mol. The normalized spacial score (nSPS) is 12.9. The van der Waals surface area contributed by atoms with Crippen molar-refractivity contribution in [2.45, 2.75) is 40.0 Å². The minimum Gasteiger partial charge on any atom is -0.465 e. The topological polar surface area (TPSA) is 52.3 Å². The molecule has 0 aromatic heterocycles. The summed E-state index contributed by atoms with van der Waals surface area (Å²) in [7, 11) is 0. The van der Waals surface area contributed by atoms with Crippen LogP contribution in [0.15, 0.2) is 0 Å². The van der Waals surface area contributed by atoms with Gasteiger partial charge in [-0.3, -0.25) is 4.79 Å². The fourth-order valence-electron chi connectivity index (χ4n) is 1.08. The number of nitrogens with two attached hydrogens (primary N) is 1. The highest BCUT2D eigenvalue weighted by Gasteiger charge is 2.13. The van der Waals surface area contributed by atoms with Gasteiger partial charge in [-0.15, -0.1) is 0 Å². The Hall–Kier alpha value is -0.570. The Labute approximate surface area is 87.0 Å². The molecule has 0 saturated heterocycles. The predicted molar refractivity (Wildman–Crippen MR) is 57.9 cm³/mol. The van der Waals surface area contributed by atoms with Crippen LogP contribution in [0.2, 0.25) is 0 Å². The third kappa shape index (κ3) is 6.89. The second kappa shape index (κ2) is 7.80. The van der Waals surface area contributed by atoms with E-state index in [1.807, 2.05) is 6.92 Å². The van der Waals surface area contributed by atoms with Gasteiger partial charge in [0.25, 0.3) is 0 Å². The molecule has 0 aliphatic heterocycles. The fourth-order valence-corrected chi connectivity index (χ4v) is 1.08. The lowest BCUT2D eigenvalue weighted by atomic mass is 10.1. The van der Waals surface area contributed by atoms with Crippen molar-refractivity contribution < 1.29 is 9.53 Å². The number of carbonyl (C=O) groups is 1. The van der Waals surface area contributed by atoms with Gasteiger partial charge in [-0.1, -0.05) is 20.8 Å². The maximum Gasteiger partial charge on any atom is 0.308 e. The Morgan fingerprint density at radius 2 is 1.93 bits per heavy atom. The lowest BCUT2D eigenvalue weighted by Gasteiger charge is -2.11. The van der Waals surface area contributed by atoms with Crippen LogP contribution in [0.1, 0.15) is 40.0 Å². The number of rotatable bonds is 7. The van der Waals surface area contributed by atoms with Crippen LogP contribution < -0.4 is 5.73 Å². The van der Waals surface area contributed by atoms with E-state index in [0.29, 0.717) is 19.1 Å². The van der Waals surface area contributed by atoms with Crippen LogP contribution >= 0.6 is 0 Å². The van der Waals surface area contributed by atoms with Crippen LogP contribution in [-0.2, 0) is 9.53 Å². The standard InChI is InChI=1S/C11H23NO2/c1-9(2)6-8-14-11(13)10(3)5-4-7-12/h9-10H,4-8,12H2,1-3H3. The summed E-state index contributed by atoms with van der Waals surface area (Å²) >= 11 is 0. The molecule has 0 aliphatic carbocycles. The lowest BCUT2D eigenvalue weighted by molar-refractivity contribution is -0.148. The molecule has 0 aromatic carbocycles. The first kappa shape index (κ1) is 13.4. The summed E-state index contributed by atoms with van der Waals surface area (Å²) in [5.41, 5.74) is 5.36. The van der Waals surface area contributed by atoms with Crippen molar-refractivity contribution >= 4 is 5.97 Å². The highest BCUT2D eigenvalue weighted by atomic mass is 16.5. The van der Waals surface area contributed by atoms with E-state index < -0.39 is 0 Å². The molecular formula is C11H23NO2. The molecule has 14 heavy (non-hydrogen) atoms. The van der Waals surface area contributed by atoms with Crippen LogP contribution in [-0.4, -0.2) is 19.1 Å². The monoisotopic (exact) mass is 201 g/mol. The highest BCUT2D eigenvalue weighted by molar-refractivity contribution is 5.71. The molecule has 0 rings (SSSR count). The minimum absolute atomic E-state index is 0.00860. The number of esters is 1. The molecule has 2 N–H and O–H groups in total. The van der Waals surface area contributed by atoms with Crippen molar-refractivity contribution in [2.24, 2.45) is 17.6 Å². The summed E-state index contributed by atoms with van der Waals surface area (Å²) in [5.74, 6) is 0.493. The molecule has 0 amide bonds. The Kier molecular flexibility index (Phi) is 7.48. The van der Waals surface area contributed by atoms with Crippen LogP contribution in [0.25, 0.3) is 0 Å². The quantitative estimate of drug-likeness (QED) is 0.640. The van der Waals surface area contributed by atoms with Gasteiger partial charge >= 0.3 is 5.97 Å². The van der Waals surface area contributed by atoms with Crippen LogP contribution in [0.4, 0.5) is 0 Å². The van der Waals surface area contributed by atoms with E-state index in [0.717, 1.165) is 19.3 Å². The molecule has 3 nitrogen and oxygen atoms in total. The van der Waals surface area contributed by atoms with E-state index in [4.69, 9.17) is 10.5 Å². The fraction of sp³-hybridized carbons (Fsp3) is 0.909. The van der Waals surface area contributed by atoms with Gasteiger partial charge < -0.3 is 10.5 Å². The second-order valence-corrected chi connectivity index (χ2v) is 4.18. The van der Waals surface area contributed by atoms with Gasteiger partial charge in [-0.05, 0) is 31.7 Å².